The van der Waals surface area contributed by atoms with Crippen molar-refractivity contribution in [1.82, 2.24) is 15.2 Å². The monoisotopic (exact) mass is 330 g/mol. The van der Waals surface area contributed by atoms with Gasteiger partial charge in [0.15, 0.2) is 0 Å². The normalized spacial score (nSPS) is 17.4. The number of aromatic nitrogens is 3. The van der Waals surface area contributed by atoms with Crippen molar-refractivity contribution < 1.29 is 4.79 Å². The standard InChI is InChI=1S/C17H22N4OS/c1-11(2)16-18-17(20-19-16)23-10-15(22)21-12(3)8-9-13-6-4-5-7-14(13)21/h4-7,11-12H,8-10H2,1-3H3,(H,18,19,20)/t12-/m1/s1. The van der Waals surface area contributed by atoms with Crippen molar-refractivity contribution in [3.8, 4) is 0 Å². The molecule has 1 aliphatic rings. The van der Waals surface area contributed by atoms with E-state index in [1.807, 2.05) is 23.1 Å². The number of benzene rings is 1. The lowest BCUT2D eigenvalue weighted by Gasteiger charge is -2.35. The molecule has 1 aliphatic heterocycles. The summed E-state index contributed by atoms with van der Waals surface area (Å²) in [6.07, 6.45) is 2.04. The van der Waals surface area contributed by atoms with E-state index in [1.54, 1.807) is 0 Å². The van der Waals surface area contributed by atoms with Gasteiger partial charge in [-0.2, -0.15) is 0 Å². The van der Waals surface area contributed by atoms with Crippen molar-refractivity contribution in [3.63, 3.8) is 0 Å². The number of anilines is 1. The molecule has 0 bridgehead atoms. The van der Waals surface area contributed by atoms with E-state index in [0.29, 0.717) is 16.8 Å². The molecule has 0 spiro atoms. The highest BCUT2D eigenvalue weighted by Gasteiger charge is 2.28. The summed E-state index contributed by atoms with van der Waals surface area (Å²) in [7, 11) is 0. The van der Waals surface area contributed by atoms with Crippen LogP contribution in [0.4, 0.5) is 5.69 Å². The maximum atomic E-state index is 12.7. The van der Waals surface area contributed by atoms with Gasteiger partial charge >= 0.3 is 0 Å². The van der Waals surface area contributed by atoms with Gasteiger partial charge < -0.3 is 4.90 Å². The Bertz CT molecular complexity index is 697. The van der Waals surface area contributed by atoms with E-state index in [9.17, 15) is 4.79 Å². The average Bonchev–Trinajstić information content (AvgIpc) is 3.02. The van der Waals surface area contributed by atoms with Gasteiger partial charge in [-0.3, -0.25) is 9.89 Å². The van der Waals surface area contributed by atoms with E-state index in [4.69, 9.17) is 0 Å². The molecule has 2 aromatic rings. The topological polar surface area (TPSA) is 61.9 Å². The number of nitrogens with zero attached hydrogens (tertiary/aromatic N) is 3. The Morgan fingerprint density at radius 3 is 2.96 bits per heavy atom. The minimum absolute atomic E-state index is 0.116. The molecule has 23 heavy (non-hydrogen) atoms. The molecule has 5 nitrogen and oxygen atoms in total. The van der Waals surface area contributed by atoms with Crippen molar-refractivity contribution in [2.45, 2.75) is 50.7 Å². The summed E-state index contributed by atoms with van der Waals surface area (Å²) in [5.74, 6) is 1.64. The molecule has 0 unspecified atom stereocenters. The molecule has 6 heteroatoms. The summed E-state index contributed by atoms with van der Waals surface area (Å²) >= 11 is 1.39. The maximum Gasteiger partial charge on any atom is 0.237 e. The highest BCUT2D eigenvalue weighted by Crippen LogP contribution is 2.31. The summed E-state index contributed by atoms with van der Waals surface area (Å²) in [5, 5.41) is 7.74. The van der Waals surface area contributed by atoms with Gasteiger partial charge in [0.05, 0.1) is 5.75 Å². The van der Waals surface area contributed by atoms with Crippen LogP contribution in [0, 0.1) is 0 Å². The van der Waals surface area contributed by atoms with Gasteiger partial charge in [0.25, 0.3) is 0 Å². The van der Waals surface area contributed by atoms with E-state index < -0.39 is 0 Å². The Balaban J connectivity index is 1.70. The summed E-state index contributed by atoms with van der Waals surface area (Å²) < 4.78 is 0. The molecule has 0 saturated heterocycles. The molecule has 1 N–H and O–H groups in total. The summed E-state index contributed by atoms with van der Waals surface area (Å²) in [5.41, 5.74) is 2.30. The Labute approximate surface area is 140 Å². The highest BCUT2D eigenvalue weighted by molar-refractivity contribution is 7.99. The van der Waals surface area contributed by atoms with E-state index in [2.05, 4.69) is 42.0 Å². The van der Waals surface area contributed by atoms with Gasteiger partial charge in [0.2, 0.25) is 11.1 Å². The molecule has 0 radical (unpaired) electrons. The Kier molecular flexibility index (Phi) is 4.71. The number of rotatable bonds is 4. The lowest BCUT2D eigenvalue weighted by Crippen LogP contribution is -2.43. The number of hydrogen-bond donors (Lipinski definition) is 1. The third-order valence-corrected chi connectivity index (χ3v) is 4.98. The zero-order valence-electron chi connectivity index (χ0n) is 13.7. The third-order valence-electron chi connectivity index (χ3n) is 4.15. The van der Waals surface area contributed by atoms with Gasteiger partial charge in [-0.15, -0.1) is 5.10 Å². The van der Waals surface area contributed by atoms with Gasteiger partial charge in [-0.05, 0) is 31.4 Å². The number of para-hydroxylation sites is 1. The van der Waals surface area contributed by atoms with Crippen molar-refractivity contribution >= 4 is 23.4 Å². The predicted molar refractivity (Wildman–Crippen MR) is 92.9 cm³/mol. The van der Waals surface area contributed by atoms with Crippen LogP contribution in [-0.4, -0.2) is 32.9 Å². The second-order valence-corrected chi connectivity index (χ2v) is 7.17. The molecular weight excluding hydrogens is 308 g/mol. The molecule has 0 fully saturated rings. The fourth-order valence-electron chi connectivity index (χ4n) is 2.85. The fraction of sp³-hybridized carbons (Fsp3) is 0.471. The minimum atomic E-state index is 0.116. The molecule has 0 saturated carbocycles. The van der Waals surface area contributed by atoms with Crippen molar-refractivity contribution in [2.24, 2.45) is 0 Å². The molecule has 122 valence electrons. The van der Waals surface area contributed by atoms with E-state index >= 15 is 0 Å². The maximum absolute atomic E-state index is 12.7. The van der Waals surface area contributed by atoms with Crippen molar-refractivity contribution in [2.75, 3.05) is 10.7 Å². The number of carbonyl (C=O) groups is 1. The van der Waals surface area contributed by atoms with Crippen LogP contribution in [0.3, 0.4) is 0 Å². The lowest BCUT2D eigenvalue weighted by atomic mass is 9.97. The molecule has 2 heterocycles. The second-order valence-electron chi connectivity index (χ2n) is 6.23. The lowest BCUT2D eigenvalue weighted by molar-refractivity contribution is -0.116. The van der Waals surface area contributed by atoms with Crippen LogP contribution in [0.25, 0.3) is 0 Å². The van der Waals surface area contributed by atoms with Gasteiger partial charge in [-0.1, -0.05) is 43.8 Å². The first kappa shape index (κ1) is 16.1. The smallest absolute Gasteiger partial charge is 0.237 e. The van der Waals surface area contributed by atoms with E-state index in [1.165, 1.54) is 17.3 Å². The van der Waals surface area contributed by atoms with Crippen LogP contribution in [0.5, 0.6) is 0 Å². The average molecular weight is 330 g/mol. The number of H-pyrrole nitrogens is 1. The number of aryl methyl sites for hydroxylation is 1. The molecule has 0 aliphatic carbocycles. The summed E-state index contributed by atoms with van der Waals surface area (Å²) in [6.45, 7) is 6.24. The quantitative estimate of drug-likeness (QED) is 0.873. The zero-order valence-corrected chi connectivity index (χ0v) is 14.6. The Morgan fingerprint density at radius 1 is 1.43 bits per heavy atom. The van der Waals surface area contributed by atoms with Crippen molar-refractivity contribution in [1.29, 1.82) is 0 Å². The first-order valence-electron chi connectivity index (χ1n) is 8.01. The number of aromatic amines is 1. The first-order valence-corrected chi connectivity index (χ1v) is 9.00. The number of fused-ring (bicyclic) bond motifs is 1. The van der Waals surface area contributed by atoms with Gasteiger partial charge in [0, 0.05) is 17.6 Å². The van der Waals surface area contributed by atoms with Crippen LogP contribution in [-0.2, 0) is 11.2 Å². The highest BCUT2D eigenvalue weighted by atomic mass is 32.2. The van der Waals surface area contributed by atoms with E-state index in [-0.39, 0.29) is 11.9 Å². The van der Waals surface area contributed by atoms with Gasteiger partial charge in [-0.25, -0.2) is 4.98 Å². The van der Waals surface area contributed by atoms with Crippen LogP contribution < -0.4 is 4.90 Å². The number of carbonyl (C=O) groups excluding carboxylic acids is 1. The molecule has 1 amide bonds. The molecule has 1 atom stereocenters. The van der Waals surface area contributed by atoms with Gasteiger partial charge in [0.1, 0.15) is 5.82 Å². The van der Waals surface area contributed by atoms with Crippen LogP contribution >= 0.6 is 11.8 Å². The van der Waals surface area contributed by atoms with Crippen LogP contribution in [0.2, 0.25) is 0 Å². The number of thioether (sulfide) groups is 1. The van der Waals surface area contributed by atoms with E-state index in [0.717, 1.165) is 24.4 Å². The Hall–Kier alpha value is -1.82. The minimum Gasteiger partial charge on any atom is -0.309 e. The predicted octanol–water partition coefficient (Wildman–Crippen LogP) is 3.39. The third kappa shape index (κ3) is 3.42. The molecule has 3 rings (SSSR count). The molecular formula is C17H22N4OS. The molecule has 1 aromatic heterocycles. The Morgan fingerprint density at radius 2 is 2.22 bits per heavy atom. The SMILES string of the molecule is CC(C)c1nc(SCC(=O)N2c3ccccc3CC[C@H]2C)n[nH]1. The second kappa shape index (κ2) is 6.74. The zero-order chi connectivity index (χ0) is 16.4. The number of nitrogens with one attached hydrogen (secondary N) is 1. The first-order chi connectivity index (χ1) is 11.1. The van der Waals surface area contributed by atoms with Crippen LogP contribution in [0.15, 0.2) is 29.4 Å². The summed E-state index contributed by atoms with van der Waals surface area (Å²) in [4.78, 5) is 19.1. The fourth-order valence-corrected chi connectivity index (χ4v) is 3.51. The molecule has 1 aromatic carbocycles. The van der Waals surface area contributed by atoms with Crippen LogP contribution in [0.1, 0.15) is 44.5 Å². The van der Waals surface area contributed by atoms with Crippen molar-refractivity contribution in [3.05, 3.63) is 35.7 Å². The number of hydrogen-bond acceptors (Lipinski definition) is 4. The largest absolute Gasteiger partial charge is 0.309 e. The number of amides is 1. The summed E-state index contributed by atoms with van der Waals surface area (Å²) in [6, 6.07) is 8.41.